The van der Waals surface area contributed by atoms with Gasteiger partial charge in [-0.15, -0.1) is 11.3 Å². The molecule has 184 valence electrons. The van der Waals surface area contributed by atoms with Crippen molar-refractivity contribution in [2.45, 2.75) is 39.5 Å². The number of thiophene rings is 1. The fraction of sp³-hybridized carbons (Fsp3) is 0.250. The molecule has 0 atom stereocenters. The number of amides is 2. The Morgan fingerprint density at radius 1 is 1.08 bits per heavy atom. The zero-order valence-corrected chi connectivity index (χ0v) is 21.1. The van der Waals surface area contributed by atoms with E-state index in [0.29, 0.717) is 28.4 Å². The summed E-state index contributed by atoms with van der Waals surface area (Å²) in [5.74, 6) is -0.390. The van der Waals surface area contributed by atoms with E-state index < -0.39 is 0 Å². The minimum Gasteiger partial charge on any atom is -0.507 e. The highest BCUT2D eigenvalue weighted by Gasteiger charge is 2.28. The summed E-state index contributed by atoms with van der Waals surface area (Å²) in [5.41, 5.74) is 5.81. The fourth-order valence-corrected chi connectivity index (χ4v) is 5.82. The van der Waals surface area contributed by atoms with Crippen molar-refractivity contribution in [3.63, 3.8) is 0 Å². The first-order valence-electron chi connectivity index (χ1n) is 12.1. The van der Waals surface area contributed by atoms with E-state index in [2.05, 4.69) is 20.8 Å². The summed E-state index contributed by atoms with van der Waals surface area (Å²) in [6.45, 7) is 4.29. The van der Waals surface area contributed by atoms with Crippen molar-refractivity contribution < 1.29 is 14.7 Å². The summed E-state index contributed by atoms with van der Waals surface area (Å²) in [6, 6.07) is 15.3. The molecule has 1 aliphatic carbocycles. The van der Waals surface area contributed by atoms with Gasteiger partial charge in [-0.3, -0.25) is 14.7 Å². The molecule has 0 fully saturated rings. The van der Waals surface area contributed by atoms with Crippen molar-refractivity contribution >= 4 is 28.2 Å². The molecule has 0 saturated heterocycles. The first-order chi connectivity index (χ1) is 17.4. The first-order valence-corrected chi connectivity index (χ1v) is 12.9. The molecule has 2 amide bonds. The molecule has 2 aromatic carbocycles. The number of phenolic OH excluding ortho intramolecular Hbond substituents is 1. The van der Waals surface area contributed by atoms with E-state index in [1.165, 1.54) is 11.3 Å². The number of rotatable bonds is 7. The number of nitrogens with one attached hydrogen (secondary N) is 3. The fourth-order valence-electron chi connectivity index (χ4n) is 4.54. The largest absolute Gasteiger partial charge is 0.507 e. The highest BCUT2D eigenvalue weighted by atomic mass is 32.1. The Balaban J connectivity index is 1.33. The summed E-state index contributed by atoms with van der Waals surface area (Å²) in [5, 5.41) is 24.0. The highest BCUT2D eigenvalue weighted by Crippen LogP contribution is 2.39. The third-order valence-electron chi connectivity index (χ3n) is 6.72. The lowest BCUT2D eigenvalue weighted by Gasteiger charge is -2.09. The van der Waals surface area contributed by atoms with Gasteiger partial charge < -0.3 is 15.7 Å². The molecule has 0 bridgehead atoms. The minimum absolute atomic E-state index is 0.151. The second-order valence-electron chi connectivity index (χ2n) is 9.08. The van der Waals surface area contributed by atoms with Crippen molar-refractivity contribution in [2.24, 2.45) is 0 Å². The van der Waals surface area contributed by atoms with Crippen molar-refractivity contribution in [3.05, 3.63) is 86.9 Å². The first kappa shape index (κ1) is 23.8. The molecule has 2 heterocycles. The normalized spacial score (nSPS) is 12.4. The van der Waals surface area contributed by atoms with Crippen LogP contribution in [0, 0.1) is 13.8 Å². The van der Waals surface area contributed by atoms with Crippen molar-refractivity contribution in [3.8, 4) is 17.0 Å². The summed E-state index contributed by atoms with van der Waals surface area (Å²) in [7, 11) is 0. The van der Waals surface area contributed by atoms with Crippen molar-refractivity contribution in [1.82, 2.24) is 15.5 Å². The van der Waals surface area contributed by atoms with Gasteiger partial charge >= 0.3 is 0 Å². The molecular formula is C28H28N4O3S. The van der Waals surface area contributed by atoms with E-state index in [9.17, 15) is 14.7 Å². The summed E-state index contributed by atoms with van der Waals surface area (Å²) in [6.07, 6.45) is 3.51. The van der Waals surface area contributed by atoms with E-state index in [4.69, 9.17) is 0 Å². The van der Waals surface area contributed by atoms with Crippen LogP contribution in [-0.4, -0.2) is 33.7 Å². The van der Waals surface area contributed by atoms with Gasteiger partial charge in [-0.25, -0.2) is 0 Å². The number of hydrogen-bond donors (Lipinski definition) is 4. The van der Waals surface area contributed by atoms with Gasteiger partial charge in [0.25, 0.3) is 11.8 Å². The lowest BCUT2D eigenvalue weighted by atomic mass is 10.0. The van der Waals surface area contributed by atoms with Gasteiger partial charge in [0.15, 0.2) is 0 Å². The van der Waals surface area contributed by atoms with E-state index >= 15 is 0 Å². The monoisotopic (exact) mass is 500 g/mol. The van der Waals surface area contributed by atoms with Crippen LogP contribution in [0.4, 0.5) is 5.00 Å². The summed E-state index contributed by atoms with van der Waals surface area (Å²) >= 11 is 1.47. The van der Waals surface area contributed by atoms with Crippen LogP contribution in [0.3, 0.4) is 0 Å². The lowest BCUT2D eigenvalue weighted by molar-refractivity contribution is 0.0954. The van der Waals surface area contributed by atoms with E-state index in [1.54, 1.807) is 12.1 Å². The molecule has 0 unspecified atom stereocenters. The molecule has 7 nitrogen and oxygen atoms in total. The predicted molar refractivity (Wildman–Crippen MR) is 142 cm³/mol. The van der Waals surface area contributed by atoms with Crippen LogP contribution >= 0.6 is 11.3 Å². The number of carbonyl (C=O) groups is 2. The maximum Gasteiger partial charge on any atom is 0.274 e. The molecule has 2 aromatic heterocycles. The van der Waals surface area contributed by atoms with Crippen LogP contribution in [0.1, 0.15) is 54.4 Å². The minimum atomic E-state index is -0.379. The number of aromatic nitrogens is 2. The van der Waals surface area contributed by atoms with Gasteiger partial charge in [0.1, 0.15) is 16.4 Å². The number of aryl methyl sites for hydroxylation is 2. The number of nitrogens with zero attached hydrogens (tertiary/aromatic N) is 1. The maximum atomic E-state index is 13.2. The van der Waals surface area contributed by atoms with Crippen LogP contribution in [0.25, 0.3) is 11.3 Å². The van der Waals surface area contributed by atoms with Gasteiger partial charge in [-0.2, -0.15) is 5.10 Å². The molecule has 4 N–H and O–H groups in total. The highest BCUT2D eigenvalue weighted by molar-refractivity contribution is 7.17. The number of aromatic hydroxyl groups is 1. The van der Waals surface area contributed by atoms with Crippen LogP contribution in [-0.2, 0) is 19.3 Å². The zero-order valence-electron chi connectivity index (χ0n) is 20.3. The van der Waals surface area contributed by atoms with Gasteiger partial charge in [-0.1, -0.05) is 36.4 Å². The number of hydrogen-bond acceptors (Lipinski definition) is 5. The Morgan fingerprint density at radius 2 is 1.89 bits per heavy atom. The summed E-state index contributed by atoms with van der Waals surface area (Å²) < 4.78 is 0. The third-order valence-corrected chi connectivity index (χ3v) is 7.92. The molecule has 0 saturated carbocycles. The molecule has 0 radical (unpaired) electrons. The number of benzene rings is 2. The molecule has 4 aromatic rings. The lowest BCUT2D eigenvalue weighted by Crippen LogP contribution is -2.27. The van der Waals surface area contributed by atoms with E-state index in [1.807, 2.05) is 50.2 Å². The average Bonchev–Trinajstić information content (AvgIpc) is 3.60. The average molecular weight is 501 g/mol. The maximum absolute atomic E-state index is 13.2. The summed E-state index contributed by atoms with van der Waals surface area (Å²) in [4.78, 5) is 27.4. The second-order valence-corrected chi connectivity index (χ2v) is 10.2. The van der Waals surface area contributed by atoms with Crippen molar-refractivity contribution in [2.75, 3.05) is 11.9 Å². The number of carbonyl (C=O) groups excluding carboxylic acids is 2. The Labute approximate surface area is 213 Å². The third kappa shape index (κ3) is 4.64. The number of phenols is 1. The van der Waals surface area contributed by atoms with Crippen molar-refractivity contribution in [1.29, 1.82) is 0 Å². The Kier molecular flexibility index (Phi) is 6.61. The molecule has 0 spiro atoms. The molecule has 1 aliphatic rings. The standard InChI is InChI=1S/C28H28N4O3S/c1-16-11-12-19(25(33)17(16)2)21-15-22(32-31-21)26(34)30-28-24(20-9-6-10-23(20)36-28)27(35)29-14-13-18-7-4-3-5-8-18/h3-5,7-8,11-12,15,33H,6,9-10,13-14H2,1-2H3,(H,29,35)(H,30,34)(H,31,32). The number of anilines is 1. The second kappa shape index (κ2) is 9.99. The van der Waals surface area contributed by atoms with Gasteiger partial charge in [0.2, 0.25) is 0 Å². The number of aromatic amines is 1. The SMILES string of the molecule is Cc1ccc(-c2cc(C(=O)Nc3sc4c(c3C(=O)NCCc3ccccc3)CCC4)[nH]n2)c(O)c1C. The van der Waals surface area contributed by atoms with Gasteiger partial charge in [0, 0.05) is 17.0 Å². The molecule has 0 aliphatic heterocycles. The van der Waals surface area contributed by atoms with Gasteiger partial charge in [0.05, 0.1) is 11.3 Å². The smallest absolute Gasteiger partial charge is 0.274 e. The Bertz CT molecular complexity index is 1440. The van der Waals surface area contributed by atoms with Crippen LogP contribution in [0.2, 0.25) is 0 Å². The Hall–Kier alpha value is -3.91. The molecule has 5 rings (SSSR count). The van der Waals surface area contributed by atoms with Crippen LogP contribution < -0.4 is 10.6 Å². The topological polar surface area (TPSA) is 107 Å². The quantitative estimate of drug-likeness (QED) is 0.281. The number of H-pyrrole nitrogens is 1. The molecule has 8 heteroatoms. The van der Waals surface area contributed by atoms with Crippen LogP contribution in [0.5, 0.6) is 5.75 Å². The Morgan fingerprint density at radius 3 is 2.69 bits per heavy atom. The molecular weight excluding hydrogens is 472 g/mol. The molecule has 36 heavy (non-hydrogen) atoms. The van der Waals surface area contributed by atoms with Crippen LogP contribution in [0.15, 0.2) is 48.5 Å². The number of fused-ring (bicyclic) bond motifs is 1. The zero-order chi connectivity index (χ0) is 25.2. The predicted octanol–water partition coefficient (Wildman–Crippen LogP) is 5.17. The van der Waals surface area contributed by atoms with E-state index in [-0.39, 0.29) is 23.3 Å². The van der Waals surface area contributed by atoms with Gasteiger partial charge in [-0.05, 0) is 73.9 Å². The van der Waals surface area contributed by atoms with E-state index in [0.717, 1.165) is 52.8 Å².